The van der Waals surface area contributed by atoms with E-state index in [4.69, 9.17) is 4.74 Å². The minimum atomic E-state index is -1.13. The first-order chi connectivity index (χ1) is 13.6. The monoisotopic (exact) mass is 383 g/mol. The minimum Gasteiger partial charge on any atom is -0.465 e. The van der Waals surface area contributed by atoms with E-state index in [0.29, 0.717) is 19.6 Å². The summed E-state index contributed by atoms with van der Waals surface area (Å²) in [4.78, 5) is 30.1. The summed E-state index contributed by atoms with van der Waals surface area (Å²) in [7, 11) is 0. The van der Waals surface area contributed by atoms with Gasteiger partial charge >= 0.3 is 6.09 Å². The van der Waals surface area contributed by atoms with E-state index >= 15 is 0 Å². The molecule has 1 aromatic heterocycles. The van der Waals surface area contributed by atoms with Crippen LogP contribution in [0.4, 0.5) is 4.79 Å². The Kier molecular flexibility index (Phi) is 6.97. The van der Waals surface area contributed by atoms with Gasteiger partial charge in [0.2, 0.25) is 5.91 Å². The number of carbonyl (C=O) groups is 2. The number of ether oxygens (including phenoxy) is 1. The standard InChI is InChI=1S/C21H25N3O4/c25-20(23-14-18-7-4-12-28-18)19(13-16-5-2-1-3-6-16)24(21(26)27)15-17-8-10-22-11-9-17/h1-3,5-6,8-11,18-19H,4,7,12-15H2,(H,23,25)(H,26,27)/t18-,19+/m1/s1. The molecule has 0 spiro atoms. The fraction of sp³-hybridized carbons (Fsp3) is 0.381. The number of benzene rings is 1. The number of pyridine rings is 1. The zero-order chi connectivity index (χ0) is 19.8. The molecule has 2 amide bonds. The maximum absolute atomic E-state index is 13.0. The quantitative estimate of drug-likeness (QED) is 0.731. The number of amides is 2. The summed E-state index contributed by atoms with van der Waals surface area (Å²) >= 11 is 0. The van der Waals surface area contributed by atoms with E-state index in [0.717, 1.165) is 24.0 Å². The Morgan fingerprint density at radius 2 is 1.93 bits per heavy atom. The van der Waals surface area contributed by atoms with E-state index in [2.05, 4.69) is 10.3 Å². The van der Waals surface area contributed by atoms with E-state index in [9.17, 15) is 14.7 Å². The lowest BCUT2D eigenvalue weighted by atomic mass is 10.0. The molecule has 1 saturated heterocycles. The molecule has 28 heavy (non-hydrogen) atoms. The molecular formula is C21H25N3O4. The van der Waals surface area contributed by atoms with Crippen LogP contribution in [0.5, 0.6) is 0 Å². The zero-order valence-corrected chi connectivity index (χ0v) is 15.7. The molecule has 0 saturated carbocycles. The molecule has 3 rings (SSSR count). The van der Waals surface area contributed by atoms with Crippen LogP contribution in [0.1, 0.15) is 24.0 Å². The Hall–Kier alpha value is -2.93. The van der Waals surface area contributed by atoms with Crippen molar-refractivity contribution in [3.8, 4) is 0 Å². The Bertz CT molecular complexity index is 764. The second-order valence-electron chi connectivity index (χ2n) is 6.85. The highest BCUT2D eigenvalue weighted by molar-refractivity contribution is 5.85. The van der Waals surface area contributed by atoms with Crippen molar-refractivity contribution in [2.75, 3.05) is 13.2 Å². The molecule has 2 heterocycles. The van der Waals surface area contributed by atoms with Gasteiger partial charge in [0.15, 0.2) is 0 Å². The van der Waals surface area contributed by atoms with Gasteiger partial charge in [0, 0.05) is 38.5 Å². The van der Waals surface area contributed by atoms with Crippen molar-refractivity contribution in [1.82, 2.24) is 15.2 Å². The SMILES string of the molecule is O=C(NC[C@H]1CCCO1)[C@H](Cc1ccccc1)N(Cc1ccncc1)C(=O)O. The first kappa shape index (κ1) is 19.8. The van der Waals surface area contributed by atoms with Crippen molar-refractivity contribution in [2.45, 2.75) is 38.0 Å². The number of aromatic nitrogens is 1. The number of rotatable bonds is 8. The molecule has 0 aliphatic carbocycles. The predicted molar refractivity (Wildman–Crippen MR) is 104 cm³/mol. The second kappa shape index (κ2) is 9.85. The van der Waals surface area contributed by atoms with E-state index in [1.54, 1.807) is 24.5 Å². The van der Waals surface area contributed by atoms with Gasteiger partial charge in [-0.1, -0.05) is 30.3 Å². The number of hydrogen-bond acceptors (Lipinski definition) is 4. The van der Waals surface area contributed by atoms with Gasteiger partial charge in [-0.05, 0) is 36.1 Å². The van der Waals surface area contributed by atoms with Gasteiger partial charge in [-0.15, -0.1) is 0 Å². The second-order valence-corrected chi connectivity index (χ2v) is 6.85. The zero-order valence-electron chi connectivity index (χ0n) is 15.7. The lowest BCUT2D eigenvalue weighted by Gasteiger charge is -2.29. The van der Waals surface area contributed by atoms with Crippen molar-refractivity contribution in [1.29, 1.82) is 0 Å². The van der Waals surface area contributed by atoms with Crippen LogP contribution in [0.25, 0.3) is 0 Å². The first-order valence-electron chi connectivity index (χ1n) is 9.45. The summed E-state index contributed by atoms with van der Waals surface area (Å²) < 4.78 is 5.55. The minimum absolute atomic E-state index is 0.000184. The molecule has 2 atom stereocenters. The summed E-state index contributed by atoms with van der Waals surface area (Å²) in [5, 5.41) is 12.7. The van der Waals surface area contributed by atoms with Gasteiger partial charge in [0.05, 0.1) is 6.10 Å². The Morgan fingerprint density at radius 1 is 1.18 bits per heavy atom. The summed E-state index contributed by atoms with van der Waals surface area (Å²) in [6.07, 6.45) is 4.28. The molecule has 0 bridgehead atoms. The van der Waals surface area contributed by atoms with Crippen LogP contribution in [0.2, 0.25) is 0 Å². The topological polar surface area (TPSA) is 91.8 Å². The maximum atomic E-state index is 13.0. The van der Waals surface area contributed by atoms with E-state index in [1.165, 1.54) is 4.90 Å². The number of nitrogens with one attached hydrogen (secondary N) is 1. The molecule has 1 aliphatic rings. The van der Waals surface area contributed by atoms with Crippen LogP contribution in [-0.4, -0.2) is 52.3 Å². The Morgan fingerprint density at radius 3 is 2.57 bits per heavy atom. The van der Waals surface area contributed by atoms with Crippen LogP contribution in [-0.2, 0) is 22.5 Å². The maximum Gasteiger partial charge on any atom is 0.408 e. The molecule has 1 fully saturated rings. The summed E-state index contributed by atoms with van der Waals surface area (Å²) in [6, 6.07) is 12.1. The molecule has 7 heteroatoms. The Balaban J connectivity index is 1.77. The average Bonchev–Trinajstić information content (AvgIpc) is 3.24. The molecule has 7 nitrogen and oxygen atoms in total. The highest BCUT2D eigenvalue weighted by atomic mass is 16.5. The molecule has 1 aromatic carbocycles. The average molecular weight is 383 g/mol. The summed E-state index contributed by atoms with van der Waals surface area (Å²) in [6.45, 7) is 1.22. The molecule has 2 N–H and O–H groups in total. The molecule has 0 radical (unpaired) electrons. The van der Waals surface area contributed by atoms with Crippen LogP contribution in [0, 0.1) is 0 Å². The van der Waals surface area contributed by atoms with Crippen molar-refractivity contribution in [2.24, 2.45) is 0 Å². The smallest absolute Gasteiger partial charge is 0.408 e. The molecule has 148 valence electrons. The first-order valence-corrected chi connectivity index (χ1v) is 9.45. The summed E-state index contributed by atoms with van der Waals surface area (Å²) in [5.74, 6) is -0.309. The van der Waals surface area contributed by atoms with Gasteiger partial charge in [0.25, 0.3) is 0 Å². The van der Waals surface area contributed by atoms with Crippen molar-refractivity contribution < 1.29 is 19.4 Å². The number of carbonyl (C=O) groups excluding carboxylic acids is 1. The molecule has 2 aromatic rings. The fourth-order valence-corrected chi connectivity index (χ4v) is 3.32. The van der Waals surface area contributed by atoms with Gasteiger partial charge < -0.3 is 15.2 Å². The largest absolute Gasteiger partial charge is 0.465 e. The number of hydrogen-bond donors (Lipinski definition) is 2. The summed E-state index contributed by atoms with van der Waals surface area (Å²) in [5.41, 5.74) is 1.68. The third-order valence-corrected chi connectivity index (χ3v) is 4.83. The lowest BCUT2D eigenvalue weighted by molar-refractivity contribution is -0.126. The van der Waals surface area contributed by atoms with Crippen LogP contribution in [0.3, 0.4) is 0 Å². The third kappa shape index (κ3) is 5.53. The third-order valence-electron chi connectivity index (χ3n) is 4.83. The predicted octanol–water partition coefficient (Wildman–Crippen LogP) is 2.47. The van der Waals surface area contributed by atoms with E-state index in [1.807, 2.05) is 30.3 Å². The van der Waals surface area contributed by atoms with Crippen LogP contribution >= 0.6 is 0 Å². The van der Waals surface area contributed by atoms with E-state index < -0.39 is 12.1 Å². The highest BCUT2D eigenvalue weighted by Crippen LogP contribution is 2.15. The van der Waals surface area contributed by atoms with E-state index in [-0.39, 0.29) is 18.6 Å². The van der Waals surface area contributed by atoms with Gasteiger partial charge in [-0.2, -0.15) is 0 Å². The van der Waals surface area contributed by atoms with Crippen molar-refractivity contribution in [3.63, 3.8) is 0 Å². The van der Waals surface area contributed by atoms with Crippen LogP contribution < -0.4 is 5.32 Å². The lowest BCUT2D eigenvalue weighted by Crippen LogP contribution is -2.51. The fourth-order valence-electron chi connectivity index (χ4n) is 3.32. The molecule has 1 aliphatic heterocycles. The van der Waals surface area contributed by atoms with Gasteiger partial charge in [-0.25, -0.2) is 4.79 Å². The van der Waals surface area contributed by atoms with Crippen LogP contribution in [0.15, 0.2) is 54.9 Å². The Labute approximate surface area is 164 Å². The molecule has 0 unspecified atom stereocenters. The molecular weight excluding hydrogens is 358 g/mol. The number of nitrogens with zero attached hydrogens (tertiary/aromatic N) is 2. The van der Waals surface area contributed by atoms with Crippen molar-refractivity contribution >= 4 is 12.0 Å². The highest BCUT2D eigenvalue weighted by Gasteiger charge is 2.31. The number of carboxylic acid groups (broad SMARTS) is 1. The van der Waals surface area contributed by atoms with Crippen molar-refractivity contribution in [3.05, 3.63) is 66.0 Å². The van der Waals surface area contributed by atoms with Gasteiger partial charge in [-0.3, -0.25) is 14.7 Å². The van der Waals surface area contributed by atoms with Gasteiger partial charge in [0.1, 0.15) is 6.04 Å². The normalized spacial score (nSPS) is 17.1.